The molecule has 1 heterocycles. The first kappa shape index (κ1) is 11.4. The van der Waals surface area contributed by atoms with Crippen LogP contribution in [0, 0.1) is 0 Å². The predicted molar refractivity (Wildman–Crippen MR) is 84.4 cm³/mol. The van der Waals surface area contributed by atoms with Crippen LogP contribution in [0.2, 0.25) is 0 Å². The molecular formula is C17H11N2Si. The lowest BCUT2D eigenvalue weighted by atomic mass is 10.0. The van der Waals surface area contributed by atoms with E-state index in [-0.39, 0.29) is 0 Å². The van der Waals surface area contributed by atoms with Crippen LogP contribution in [0.4, 0.5) is 0 Å². The molecule has 20 heavy (non-hydrogen) atoms. The van der Waals surface area contributed by atoms with Crippen LogP contribution in [0.25, 0.3) is 33.2 Å². The largest absolute Gasteiger partial charge is 0.338 e. The number of aromatic amines is 1. The highest BCUT2D eigenvalue weighted by atomic mass is 28.1. The molecule has 4 rings (SSSR count). The van der Waals surface area contributed by atoms with Gasteiger partial charge in [-0.25, -0.2) is 4.98 Å². The zero-order chi connectivity index (χ0) is 13.5. The van der Waals surface area contributed by atoms with Gasteiger partial charge in [0.2, 0.25) is 0 Å². The van der Waals surface area contributed by atoms with Crippen LogP contribution < -0.4 is 5.19 Å². The number of fused-ring (bicyclic) bond motifs is 2. The lowest BCUT2D eigenvalue weighted by Gasteiger charge is -2.06. The first-order valence-corrected chi connectivity index (χ1v) is 7.01. The van der Waals surface area contributed by atoms with Gasteiger partial charge in [0.15, 0.2) is 0 Å². The maximum Gasteiger partial charge on any atom is 0.139 e. The van der Waals surface area contributed by atoms with Gasteiger partial charge < -0.3 is 4.98 Å². The number of H-pyrrole nitrogens is 1. The van der Waals surface area contributed by atoms with Crippen molar-refractivity contribution in [3.8, 4) is 11.4 Å². The molecule has 3 radical (unpaired) electrons. The third-order valence-electron chi connectivity index (χ3n) is 3.57. The maximum atomic E-state index is 4.69. The number of nitrogens with zero attached hydrogens (tertiary/aromatic N) is 1. The molecule has 0 saturated heterocycles. The van der Waals surface area contributed by atoms with E-state index < -0.39 is 0 Å². The Kier molecular flexibility index (Phi) is 2.47. The first-order chi connectivity index (χ1) is 9.83. The van der Waals surface area contributed by atoms with Crippen molar-refractivity contribution in [2.75, 3.05) is 0 Å². The van der Waals surface area contributed by atoms with Gasteiger partial charge in [-0.3, -0.25) is 0 Å². The van der Waals surface area contributed by atoms with E-state index in [1.54, 1.807) is 0 Å². The molecule has 0 saturated carbocycles. The lowest BCUT2D eigenvalue weighted by Crippen LogP contribution is -2.03. The molecule has 1 aromatic heterocycles. The summed E-state index contributed by atoms with van der Waals surface area (Å²) in [5.41, 5.74) is 3.18. The molecule has 4 aromatic rings. The van der Waals surface area contributed by atoms with E-state index in [2.05, 4.69) is 45.6 Å². The number of hydrogen-bond acceptors (Lipinski definition) is 1. The average molecular weight is 271 g/mol. The highest BCUT2D eigenvalue weighted by Gasteiger charge is 2.09. The number of hydrogen-bond donors (Lipinski definition) is 1. The molecule has 1 N–H and O–H groups in total. The van der Waals surface area contributed by atoms with Gasteiger partial charge in [0.1, 0.15) is 5.82 Å². The summed E-state index contributed by atoms with van der Waals surface area (Å²) in [5, 5.41) is 3.49. The summed E-state index contributed by atoms with van der Waals surface area (Å²) < 4.78 is 0. The molecule has 0 aliphatic rings. The minimum atomic E-state index is 0.911. The zero-order valence-corrected chi connectivity index (χ0v) is 11.7. The fourth-order valence-corrected chi connectivity index (χ4v) is 2.89. The van der Waals surface area contributed by atoms with Gasteiger partial charge in [0.25, 0.3) is 0 Å². The van der Waals surface area contributed by atoms with Gasteiger partial charge in [-0.1, -0.05) is 53.7 Å². The van der Waals surface area contributed by atoms with Crippen LogP contribution in [0.3, 0.4) is 0 Å². The van der Waals surface area contributed by atoms with Gasteiger partial charge in [-0.15, -0.1) is 0 Å². The van der Waals surface area contributed by atoms with E-state index in [0.29, 0.717) is 0 Å². The van der Waals surface area contributed by atoms with Crippen LogP contribution in [-0.4, -0.2) is 20.2 Å². The molecule has 0 bridgehead atoms. The van der Waals surface area contributed by atoms with Gasteiger partial charge in [-0.2, -0.15) is 0 Å². The van der Waals surface area contributed by atoms with Crippen molar-refractivity contribution in [3.05, 3.63) is 60.7 Å². The summed E-state index contributed by atoms with van der Waals surface area (Å²) in [6.45, 7) is 0. The van der Waals surface area contributed by atoms with E-state index in [9.17, 15) is 0 Å². The third kappa shape index (κ3) is 1.67. The van der Waals surface area contributed by atoms with Crippen molar-refractivity contribution < 1.29 is 0 Å². The fraction of sp³-hybridized carbons (Fsp3) is 0. The molecule has 93 valence electrons. The quantitative estimate of drug-likeness (QED) is 0.529. The van der Waals surface area contributed by atoms with Crippen molar-refractivity contribution in [1.82, 2.24) is 9.97 Å². The van der Waals surface area contributed by atoms with E-state index in [1.165, 1.54) is 10.8 Å². The summed E-state index contributed by atoms with van der Waals surface area (Å²) >= 11 is 0. The first-order valence-electron chi connectivity index (χ1n) is 6.51. The van der Waals surface area contributed by atoms with Crippen molar-refractivity contribution in [3.63, 3.8) is 0 Å². The topological polar surface area (TPSA) is 28.7 Å². The monoisotopic (exact) mass is 271 g/mol. The summed E-state index contributed by atoms with van der Waals surface area (Å²) in [7, 11) is 3.66. The number of nitrogens with one attached hydrogen (secondary N) is 1. The van der Waals surface area contributed by atoms with Crippen LogP contribution in [-0.2, 0) is 0 Å². The molecule has 3 aromatic carbocycles. The van der Waals surface area contributed by atoms with Crippen molar-refractivity contribution >= 4 is 37.2 Å². The Hall–Kier alpha value is -2.39. The minimum Gasteiger partial charge on any atom is -0.338 e. The summed E-state index contributed by atoms with van der Waals surface area (Å²) in [5.74, 6) is 0.911. The molecule has 0 aliphatic carbocycles. The molecule has 0 fully saturated rings. The number of rotatable bonds is 1. The van der Waals surface area contributed by atoms with Gasteiger partial charge in [0.05, 0.1) is 21.3 Å². The Balaban J connectivity index is 2.04. The van der Waals surface area contributed by atoms with Gasteiger partial charge in [-0.05, 0) is 22.9 Å². The molecule has 0 amide bonds. The molecule has 0 unspecified atom stereocenters. The Bertz CT molecular complexity index is 891. The van der Waals surface area contributed by atoms with Crippen LogP contribution in [0.15, 0.2) is 60.7 Å². The van der Waals surface area contributed by atoms with E-state index in [0.717, 1.165) is 27.6 Å². The number of aromatic nitrogens is 2. The smallest absolute Gasteiger partial charge is 0.139 e. The Morgan fingerprint density at radius 1 is 0.800 bits per heavy atom. The van der Waals surface area contributed by atoms with Crippen molar-refractivity contribution in [1.29, 1.82) is 0 Å². The van der Waals surface area contributed by atoms with Crippen molar-refractivity contribution in [2.24, 2.45) is 0 Å². The van der Waals surface area contributed by atoms with Crippen LogP contribution in [0.5, 0.6) is 0 Å². The van der Waals surface area contributed by atoms with Gasteiger partial charge in [0, 0.05) is 5.56 Å². The van der Waals surface area contributed by atoms with Crippen LogP contribution >= 0.6 is 0 Å². The number of imidazole rings is 1. The average Bonchev–Trinajstić information content (AvgIpc) is 2.91. The Labute approximate surface area is 119 Å². The summed E-state index contributed by atoms with van der Waals surface area (Å²) in [6.07, 6.45) is 0. The van der Waals surface area contributed by atoms with Gasteiger partial charge >= 0.3 is 0 Å². The standard InChI is InChI=1S/C17H11N2Si/c20-16-10-9-13(11-5-1-2-6-12(11)16)17-18-14-7-3-4-8-15(14)19-17/h1-10H,(H,18,19). The third-order valence-corrected chi connectivity index (χ3v) is 4.00. The van der Waals surface area contributed by atoms with Crippen molar-refractivity contribution in [2.45, 2.75) is 0 Å². The lowest BCUT2D eigenvalue weighted by molar-refractivity contribution is 1.35. The minimum absolute atomic E-state index is 0.911. The molecule has 2 nitrogen and oxygen atoms in total. The molecule has 0 aliphatic heterocycles. The number of para-hydroxylation sites is 2. The van der Waals surface area contributed by atoms with E-state index >= 15 is 0 Å². The SMILES string of the molecule is [Si]c1ccc(-c2nc3ccccc3[nH]2)c2ccccc12. The second-order valence-corrected chi connectivity index (χ2v) is 5.35. The summed E-state index contributed by atoms with van der Waals surface area (Å²) in [6, 6.07) is 20.6. The van der Waals surface area contributed by atoms with E-state index in [1.807, 2.05) is 30.3 Å². The molecule has 3 heteroatoms. The second-order valence-electron chi connectivity index (χ2n) is 4.81. The fourth-order valence-electron chi connectivity index (χ4n) is 2.59. The Morgan fingerprint density at radius 2 is 1.55 bits per heavy atom. The predicted octanol–water partition coefficient (Wildman–Crippen LogP) is 3.18. The second kappa shape index (κ2) is 4.32. The van der Waals surface area contributed by atoms with Crippen LogP contribution in [0.1, 0.15) is 0 Å². The molecule has 0 atom stereocenters. The molecule has 0 spiro atoms. The zero-order valence-electron chi connectivity index (χ0n) is 10.7. The normalized spacial score (nSPS) is 11.2. The molecular weight excluding hydrogens is 260 g/mol. The summed E-state index contributed by atoms with van der Waals surface area (Å²) in [4.78, 5) is 8.09. The highest BCUT2D eigenvalue weighted by molar-refractivity contribution is 6.39. The Morgan fingerprint density at radius 3 is 2.40 bits per heavy atom. The number of benzene rings is 3. The van der Waals surface area contributed by atoms with E-state index in [4.69, 9.17) is 4.98 Å². The maximum absolute atomic E-state index is 4.69. The highest BCUT2D eigenvalue weighted by Crippen LogP contribution is 2.27.